The molecule has 0 heterocycles. The summed E-state index contributed by atoms with van der Waals surface area (Å²) in [5, 5.41) is 0. The molecule has 0 radical (unpaired) electrons. The largest absolute Gasteiger partial charge is 0.0998 e. The van der Waals surface area contributed by atoms with Crippen molar-refractivity contribution in [3.63, 3.8) is 0 Å². The first kappa shape index (κ1) is 10.7. The van der Waals surface area contributed by atoms with Gasteiger partial charge in [-0.15, -0.1) is 0 Å². The first-order valence-corrected chi connectivity index (χ1v) is 6.05. The van der Waals surface area contributed by atoms with Crippen LogP contribution in [0.5, 0.6) is 0 Å². The molecule has 82 valence electrons. The van der Waals surface area contributed by atoms with Crippen molar-refractivity contribution < 1.29 is 0 Å². The SMILES string of the molecule is C=C(C)C1CCC2(C)CC=CC(C)=C2C1. The smallest absolute Gasteiger partial charge is 0.00757 e. The van der Waals surface area contributed by atoms with Crippen LogP contribution < -0.4 is 0 Å². The molecule has 1 fully saturated rings. The van der Waals surface area contributed by atoms with Crippen LogP contribution in [0.3, 0.4) is 0 Å². The van der Waals surface area contributed by atoms with Crippen molar-refractivity contribution in [2.45, 2.75) is 46.5 Å². The van der Waals surface area contributed by atoms with Gasteiger partial charge in [-0.2, -0.15) is 0 Å². The first-order valence-electron chi connectivity index (χ1n) is 6.05. The van der Waals surface area contributed by atoms with E-state index in [9.17, 15) is 0 Å². The van der Waals surface area contributed by atoms with Crippen LogP contribution >= 0.6 is 0 Å². The molecular weight excluding hydrogens is 180 g/mol. The van der Waals surface area contributed by atoms with E-state index in [1.165, 1.54) is 36.8 Å². The molecule has 0 amide bonds. The van der Waals surface area contributed by atoms with Crippen molar-refractivity contribution >= 4 is 0 Å². The Morgan fingerprint density at radius 2 is 2.27 bits per heavy atom. The molecule has 0 saturated heterocycles. The predicted octanol–water partition coefficient (Wildman–Crippen LogP) is 4.65. The van der Waals surface area contributed by atoms with Gasteiger partial charge in [0.25, 0.3) is 0 Å². The summed E-state index contributed by atoms with van der Waals surface area (Å²) in [6, 6.07) is 0. The average Bonchev–Trinajstić information content (AvgIpc) is 2.17. The normalized spacial score (nSPS) is 35.3. The molecule has 2 atom stereocenters. The number of hydrogen-bond acceptors (Lipinski definition) is 0. The van der Waals surface area contributed by atoms with Crippen molar-refractivity contribution in [3.05, 3.63) is 35.5 Å². The third-order valence-electron chi connectivity index (χ3n) is 4.33. The Morgan fingerprint density at radius 3 is 2.93 bits per heavy atom. The minimum absolute atomic E-state index is 0.463. The molecule has 2 aliphatic rings. The zero-order valence-electron chi connectivity index (χ0n) is 10.3. The van der Waals surface area contributed by atoms with E-state index in [0.29, 0.717) is 5.41 Å². The highest BCUT2D eigenvalue weighted by atomic mass is 14.4. The molecule has 1 saturated carbocycles. The first-order chi connectivity index (χ1) is 7.03. The molecule has 0 bridgehead atoms. The lowest BCUT2D eigenvalue weighted by atomic mass is 9.62. The van der Waals surface area contributed by atoms with Crippen LogP contribution in [0, 0.1) is 11.3 Å². The molecule has 0 N–H and O–H groups in total. The fraction of sp³-hybridized carbons (Fsp3) is 0.600. The highest BCUT2D eigenvalue weighted by molar-refractivity contribution is 5.35. The Balaban J connectivity index is 2.29. The molecular formula is C15H22. The summed E-state index contributed by atoms with van der Waals surface area (Å²) in [5.41, 5.74) is 5.04. The van der Waals surface area contributed by atoms with Gasteiger partial charge in [-0.3, -0.25) is 0 Å². The van der Waals surface area contributed by atoms with Gasteiger partial charge in [0.1, 0.15) is 0 Å². The van der Waals surface area contributed by atoms with E-state index in [-0.39, 0.29) is 0 Å². The number of fused-ring (bicyclic) bond motifs is 1. The number of hydrogen-bond donors (Lipinski definition) is 0. The topological polar surface area (TPSA) is 0 Å². The quantitative estimate of drug-likeness (QED) is 0.543. The monoisotopic (exact) mass is 202 g/mol. The molecule has 15 heavy (non-hydrogen) atoms. The molecule has 0 aromatic carbocycles. The Morgan fingerprint density at radius 1 is 1.53 bits per heavy atom. The van der Waals surface area contributed by atoms with Gasteiger partial charge in [0.15, 0.2) is 0 Å². The third-order valence-corrected chi connectivity index (χ3v) is 4.33. The van der Waals surface area contributed by atoms with E-state index in [2.05, 4.69) is 39.5 Å². The van der Waals surface area contributed by atoms with Crippen LogP contribution in [0.1, 0.15) is 46.5 Å². The van der Waals surface area contributed by atoms with Gasteiger partial charge in [0.2, 0.25) is 0 Å². The van der Waals surface area contributed by atoms with E-state index >= 15 is 0 Å². The van der Waals surface area contributed by atoms with Crippen molar-refractivity contribution in [2.75, 3.05) is 0 Å². The molecule has 0 aromatic heterocycles. The van der Waals surface area contributed by atoms with Crippen LogP contribution in [0.2, 0.25) is 0 Å². The molecule has 2 rings (SSSR count). The lowest BCUT2D eigenvalue weighted by Crippen LogP contribution is -2.29. The van der Waals surface area contributed by atoms with E-state index in [1.54, 1.807) is 5.57 Å². The fourth-order valence-electron chi connectivity index (χ4n) is 3.12. The molecule has 0 aromatic rings. The van der Waals surface area contributed by atoms with Crippen molar-refractivity contribution in [1.29, 1.82) is 0 Å². The molecule has 0 heteroatoms. The maximum atomic E-state index is 4.12. The van der Waals surface area contributed by atoms with Crippen LogP contribution in [0.4, 0.5) is 0 Å². The summed E-state index contributed by atoms with van der Waals surface area (Å²) in [5.74, 6) is 0.731. The average molecular weight is 202 g/mol. The van der Waals surface area contributed by atoms with Gasteiger partial charge in [-0.25, -0.2) is 0 Å². The minimum atomic E-state index is 0.463. The Hall–Kier alpha value is -0.780. The molecule has 0 aliphatic heterocycles. The van der Waals surface area contributed by atoms with Gasteiger partial charge in [-0.1, -0.05) is 42.4 Å². The predicted molar refractivity (Wildman–Crippen MR) is 66.7 cm³/mol. The lowest BCUT2D eigenvalue weighted by Gasteiger charge is -2.42. The second-order valence-electron chi connectivity index (χ2n) is 5.61. The highest BCUT2D eigenvalue weighted by Gasteiger charge is 2.36. The summed E-state index contributed by atoms with van der Waals surface area (Å²) in [6.07, 6.45) is 9.81. The second-order valence-corrected chi connectivity index (χ2v) is 5.61. The maximum absolute atomic E-state index is 4.12. The van der Waals surface area contributed by atoms with E-state index < -0.39 is 0 Å². The van der Waals surface area contributed by atoms with E-state index in [0.717, 1.165) is 5.92 Å². The van der Waals surface area contributed by atoms with Gasteiger partial charge >= 0.3 is 0 Å². The standard InChI is InChI=1S/C15H22/c1-11(2)13-7-9-15(4)8-5-6-12(3)14(15)10-13/h5-6,13H,1,7-10H2,2-4H3. The van der Waals surface area contributed by atoms with Crippen molar-refractivity contribution in [1.82, 2.24) is 0 Å². The Kier molecular flexibility index (Phi) is 2.62. The summed E-state index contributed by atoms with van der Waals surface area (Å²) in [7, 11) is 0. The Labute approximate surface area is 93.8 Å². The highest BCUT2D eigenvalue weighted by Crippen LogP contribution is 2.50. The van der Waals surface area contributed by atoms with E-state index in [4.69, 9.17) is 0 Å². The van der Waals surface area contributed by atoms with Gasteiger partial charge in [-0.05, 0) is 50.9 Å². The maximum Gasteiger partial charge on any atom is -0.00757 e. The third kappa shape index (κ3) is 1.82. The fourth-order valence-corrected chi connectivity index (χ4v) is 3.12. The van der Waals surface area contributed by atoms with Crippen molar-refractivity contribution in [2.24, 2.45) is 11.3 Å². The van der Waals surface area contributed by atoms with Crippen LogP contribution in [0.15, 0.2) is 35.5 Å². The summed E-state index contributed by atoms with van der Waals surface area (Å²) in [4.78, 5) is 0. The summed E-state index contributed by atoms with van der Waals surface area (Å²) < 4.78 is 0. The Bertz CT molecular complexity index is 343. The molecule has 0 nitrogen and oxygen atoms in total. The molecule has 2 unspecified atom stereocenters. The summed E-state index contributed by atoms with van der Waals surface area (Å²) >= 11 is 0. The minimum Gasteiger partial charge on any atom is -0.0998 e. The van der Waals surface area contributed by atoms with Gasteiger partial charge in [0.05, 0.1) is 0 Å². The molecule has 0 spiro atoms. The lowest BCUT2D eigenvalue weighted by molar-refractivity contribution is 0.265. The zero-order valence-corrected chi connectivity index (χ0v) is 10.3. The summed E-state index contributed by atoms with van der Waals surface area (Å²) in [6.45, 7) is 11.0. The van der Waals surface area contributed by atoms with Crippen LogP contribution in [-0.4, -0.2) is 0 Å². The van der Waals surface area contributed by atoms with Crippen molar-refractivity contribution in [3.8, 4) is 0 Å². The number of allylic oxidation sites excluding steroid dienone is 5. The zero-order chi connectivity index (χ0) is 11.1. The number of rotatable bonds is 1. The molecule has 2 aliphatic carbocycles. The van der Waals surface area contributed by atoms with Gasteiger partial charge < -0.3 is 0 Å². The second kappa shape index (κ2) is 3.66. The van der Waals surface area contributed by atoms with E-state index in [1.807, 2.05) is 0 Å². The van der Waals surface area contributed by atoms with Crippen LogP contribution in [-0.2, 0) is 0 Å². The van der Waals surface area contributed by atoms with Gasteiger partial charge in [0, 0.05) is 0 Å². The van der Waals surface area contributed by atoms with Crippen LogP contribution in [0.25, 0.3) is 0 Å².